The number of amides is 1. The Bertz CT molecular complexity index is 857. The van der Waals surface area contributed by atoms with Crippen molar-refractivity contribution in [2.75, 3.05) is 5.32 Å². The molecular formula is C18H18N2O2S. The number of thiazole rings is 1. The van der Waals surface area contributed by atoms with Crippen molar-refractivity contribution in [1.29, 1.82) is 0 Å². The van der Waals surface area contributed by atoms with Gasteiger partial charge in [0.05, 0.1) is 10.2 Å². The molecule has 0 aliphatic heterocycles. The van der Waals surface area contributed by atoms with E-state index in [1.165, 1.54) is 16.9 Å². The molecule has 0 aliphatic carbocycles. The largest absolute Gasteiger partial charge is 0.481 e. The summed E-state index contributed by atoms with van der Waals surface area (Å²) in [7, 11) is 0. The number of nitrogens with zero attached hydrogens (tertiary/aromatic N) is 1. The maximum absolute atomic E-state index is 12.3. The zero-order valence-electron chi connectivity index (χ0n) is 13.3. The van der Waals surface area contributed by atoms with Crippen LogP contribution in [0.3, 0.4) is 0 Å². The topological polar surface area (TPSA) is 51.2 Å². The Hall–Kier alpha value is -2.40. The van der Waals surface area contributed by atoms with Crippen LogP contribution in [0.25, 0.3) is 10.2 Å². The Morgan fingerprint density at radius 2 is 1.96 bits per heavy atom. The number of nitrogens with one attached hydrogen (secondary N) is 1. The molecule has 5 heteroatoms. The highest BCUT2D eigenvalue weighted by Crippen LogP contribution is 2.27. The Kier molecular flexibility index (Phi) is 4.30. The first-order valence-corrected chi connectivity index (χ1v) is 8.24. The number of hydrogen-bond acceptors (Lipinski definition) is 4. The first-order chi connectivity index (χ1) is 11.0. The lowest BCUT2D eigenvalue weighted by Crippen LogP contribution is -2.30. The number of aryl methyl sites for hydroxylation is 2. The minimum Gasteiger partial charge on any atom is -0.481 e. The van der Waals surface area contributed by atoms with Gasteiger partial charge in [0.2, 0.25) is 0 Å². The molecule has 1 atom stereocenters. The third-order valence-electron chi connectivity index (χ3n) is 3.45. The lowest BCUT2D eigenvalue weighted by Gasteiger charge is -2.13. The van der Waals surface area contributed by atoms with Gasteiger partial charge in [-0.15, -0.1) is 0 Å². The first-order valence-electron chi connectivity index (χ1n) is 7.42. The number of carbonyl (C=O) groups excluding carboxylic acids is 1. The second kappa shape index (κ2) is 6.38. The summed E-state index contributed by atoms with van der Waals surface area (Å²) in [6.45, 7) is 5.75. The van der Waals surface area contributed by atoms with Gasteiger partial charge < -0.3 is 4.74 Å². The maximum Gasteiger partial charge on any atom is 0.266 e. The molecule has 1 amide bonds. The Morgan fingerprint density at radius 1 is 1.17 bits per heavy atom. The van der Waals surface area contributed by atoms with E-state index >= 15 is 0 Å². The van der Waals surface area contributed by atoms with Crippen LogP contribution in [0.15, 0.2) is 42.5 Å². The number of hydrogen-bond donors (Lipinski definition) is 1. The third-order valence-corrected chi connectivity index (χ3v) is 4.38. The number of rotatable bonds is 4. The second-order valence-electron chi connectivity index (χ2n) is 5.56. The summed E-state index contributed by atoms with van der Waals surface area (Å²) in [4.78, 5) is 16.7. The van der Waals surface area contributed by atoms with Gasteiger partial charge >= 0.3 is 0 Å². The van der Waals surface area contributed by atoms with Crippen molar-refractivity contribution in [1.82, 2.24) is 4.98 Å². The first kappa shape index (κ1) is 15.5. The molecule has 1 aromatic heterocycles. The summed E-state index contributed by atoms with van der Waals surface area (Å²) in [5.74, 6) is 0.481. The smallest absolute Gasteiger partial charge is 0.266 e. The quantitative estimate of drug-likeness (QED) is 0.777. The summed E-state index contributed by atoms with van der Waals surface area (Å²) < 4.78 is 6.75. The molecule has 0 fully saturated rings. The van der Waals surface area contributed by atoms with Gasteiger partial charge in [-0.3, -0.25) is 10.1 Å². The molecule has 1 N–H and O–H groups in total. The number of carbonyl (C=O) groups is 1. The van der Waals surface area contributed by atoms with Crippen LogP contribution >= 0.6 is 11.3 Å². The Balaban J connectivity index is 1.69. The summed E-state index contributed by atoms with van der Waals surface area (Å²) in [5.41, 5.74) is 3.16. The van der Waals surface area contributed by atoms with Gasteiger partial charge in [0.25, 0.3) is 5.91 Å². The molecule has 0 aliphatic rings. The van der Waals surface area contributed by atoms with E-state index in [4.69, 9.17) is 4.74 Å². The predicted molar refractivity (Wildman–Crippen MR) is 94.3 cm³/mol. The Morgan fingerprint density at radius 3 is 2.74 bits per heavy atom. The molecule has 118 valence electrons. The summed E-state index contributed by atoms with van der Waals surface area (Å²) in [6.07, 6.45) is -0.592. The van der Waals surface area contributed by atoms with E-state index in [0.29, 0.717) is 10.9 Å². The number of aromatic nitrogens is 1. The van der Waals surface area contributed by atoms with E-state index in [0.717, 1.165) is 15.8 Å². The molecule has 0 bridgehead atoms. The summed E-state index contributed by atoms with van der Waals surface area (Å²) >= 11 is 1.47. The van der Waals surface area contributed by atoms with Crippen molar-refractivity contribution in [2.24, 2.45) is 0 Å². The van der Waals surface area contributed by atoms with Gasteiger partial charge in [0.15, 0.2) is 11.2 Å². The highest BCUT2D eigenvalue weighted by molar-refractivity contribution is 7.22. The van der Waals surface area contributed by atoms with E-state index in [1.54, 1.807) is 6.92 Å². The van der Waals surface area contributed by atoms with Crippen LogP contribution in [-0.2, 0) is 4.79 Å². The fraction of sp³-hybridized carbons (Fsp3) is 0.222. The molecule has 1 unspecified atom stereocenters. The molecule has 4 nitrogen and oxygen atoms in total. The van der Waals surface area contributed by atoms with Crippen LogP contribution in [0.4, 0.5) is 5.13 Å². The lowest BCUT2D eigenvalue weighted by atomic mass is 10.2. The summed E-state index contributed by atoms with van der Waals surface area (Å²) in [5, 5.41) is 3.42. The van der Waals surface area contributed by atoms with Crippen molar-refractivity contribution in [3.8, 4) is 5.75 Å². The molecule has 1 heterocycles. The van der Waals surface area contributed by atoms with Crippen molar-refractivity contribution >= 4 is 32.6 Å². The average Bonchev–Trinajstić information content (AvgIpc) is 2.88. The average molecular weight is 326 g/mol. The molecule has 3 rings (SSSR count). The zero-order valence-corrected chi connectivity index (χ0v) is 14.1. The zero-order chi connectivity index (χ0) is 16.4. The van der Waals surface area contributed by atoms with Crippen molar-refractivity contribution < 1.29 is 9.53 Å². The van der Waals surface area contributed by atoms with Gasteiger partial charge in [-0.25, -0.2) is 4.98 Å². The Labute approximate surface area is 139 Å². The molecule has 0 saturated heterocycles. The molecule has 0 spiro atoms. The predicted octanol–water partition coefficient (Wildman–Crippen LogP) is 4.32. The molecule has 23 heavy (non-hydrogen) atoms. The molecule has 0 saturated carbocycles. The SMILES string of the molecule is Cc1cccc(OC(C)C(=O)Nc2nc3ccc(C)cc3s2)c1. The van der Waals surface area contributed by atoms with E-state index in [-0.39, 0.29) is 5.91 Å². The molecule has 3 aromatic rings. The lowest BCUT2D eigenvalue weighted by molar-refractivity contribution is -0.122. The van der Waals surface area contributed by atoms with Crippen molar-refractivity contribution in [3.05, 3.63) is 53.6 Å². The van der Waals surface area contributed by atoms with Crippen LogP contribution in [0.1, 0.15) is 18.1 Å². The maximum atomic E-state index is 12.3. The van der Waals surface area contributed by atoms with E-state index < -0.39 is 6.10 Å². The van der Waals surface area contributed by atoms with Crippen LogP contribution in [0.2, 0.25) is 0 Å². The van der Waals surface area contributed by atoms with Crippen LogP contribution in [-0.4, -0.2) is 17.0 Å². The summed E-state index contributed by atoms with van der Waals surface area (Å²) in [6, 6.07) is 13.7. The molecular weight excluding hydrogens is 308 g/mol. The fourth-order valence-corrected chi connectivity index (χ4v) is 3.21. The minimum atomic E-state index is -0.592. The highest BCUT2D eigenvalue weighted by Gasteiger charge is 2.16. The number of benzene rings is 2. The van der Waals surface area contributed by atoms with Crippen molar-refractivity contribution in [2.45, 2.75) is 26.9 Å². The van der Waals surface area contributed by atoms with Gasteiger partial charge in [-0.05, 0) is 56.2 Å². The number of fused-ring (bicyclic) bond motifs is 1. The van der Waals surface area contributed by atoms with E-state index in [1.807, 2.05) is 50.2 Å². The normalized spacial score (nSPS) is 12.1. The van der Waals surface area contributed by atoms with E-state index in [9.17, 15) is 4.79 Å². The molecule has 0 radical (unpaired) electrons. The van der Waals surface area contributed by atoms with E-state index in [2.05, 4.69) is 16.4 Å². The minimum absolute atomic E-state index is 0.206. The third kappa shape index (κ3) is 3.68. The number of ether oxygens (including phenoxy) is 1. The van der Waals surface area contributed by atoms with Gasteiger partial charge in [0, 0.05) is 0 Å². The van der Waals surface area contributed by atoms with Crippen molar-refractivity contribution in [3.63, 3.8) is 0 Å². The van der Waals surface area contributed by atoms with Crippen LogP contribution in [0, 0.1) is 13.8 Å². The molecule has 2 aromatic carbocycles. The second-order valence-corrected chi connectivity index (χ2v) is 6.59. The fourth-order valence-electron chi connectivity index (χ4n) is 2.24. The highest BCUT2D eigenvalue weighted by atomic mass is 32.1. The van der Waals surface area contributed by atoms with Crippen LogP contribution in [0.5, 0.6) is 5.75 Å². The van der Waals surface area contributed by atoms with Gasteiger partial charge in [-0.2, -0.15) is 0 Å². The van der Waals surface area contributed by atoms with Gasteiger partial charge in [-0.1, -0.05) is 29.5 Å². The number of anilines is 1. The monoisotopic (exact) mass is 326 g/mol. The van der Waals surface area contributed by atoms with Crippen LogP contribution < -0.4 is 10.1 Å². The van der Waals surface area contributed by atoms with Gasteiger partial charge in [0.1, 0.15) is 5.75 Å². The standard InChI is InChI=1S/C18H18N2O2S/c1-11-5-4-6-14(9-11)22-13(3)17(21)20-18-19-15-8-7-12(2)10-16(15)23-18/h4-10,13H,1-3H3,(H,19,20,21).